The zero-order valence-corrected chi connectivity index (χ0v) is 8.78. The molecule has 4 nitrogen and oxygen atoms in total. The minimum atomic E-state index is 0.120. The van der Waals surface area contributed by atoms with Gasteiger partial charge in [-0.25, -0.2) is 5.43 Å². The molecule has 0 saturated carbocycles. The van der Waals surface area contributed by atoms with Crippen LogP contribution in [0.2, 0.25) is 0 Å². The molecule has 1 heterocycles. The molecule has 2 N–H and O–H groups in total. The third-order valence-corrected chi connectivity index (χ3v) is 2.38. The third-order valence-electron chi connectivity index (χ3n) is 2.38. The molecule has 0 saturated heterocycles. The lowest BCUT2D eigenvalue weighted by Crippen LogP contribution is -2.24. The summed E-state index contributed by atoms with van der Waals surface area (Å²) >= 11 is 0. The molecule has 1 aliphatic rings. The summed E-state index contributed by atoms with van der Waals surface area (Å²) in [5, 5.41) is 0. The van der Waals surface area contributed by atoms with E-state index in [9.17, 15) is 0 Å². The van der Waals surface area contributed by atoms with Crippen molar-refractivity contribution in [3.8, 4) is 11.5 Å². The van der Waals surface area contributed by atoms with Crippen LogP contribution < -0.4 is 20.3 Å². The van der Waals surface area contributed by atoms with Gasteiger partial charge in [-0.15, -0.1) is 0 Å². The van der Waals surface area contributed by atoms with Crippen LogP contribution in [0.5, 0.6) is 11.5 Å². The summed E-state index contributed by atoms with van der Waals surface area (Å²) in [5.41, 5.74) is 7.09. The highest BCUT2D eigenvalue weighted by Crippen LogP contribution is 2.30. The van der Waals surface area contributed by atoms with Gasteiger partial charge in [-0.3, -0.25) is 0 Å². The van der Waals surface area contributed by atoms with Gasteiger partial charge in [0.2, 0.25) is 0 Å². The van der Waals surface area contributed by atoms with Crippen molar-refractivity contribution in [2.75, 3.05) is 14.2 Å². The third kappa shape index (κ3) is 1.89. The Bertz CT molecular complexity index is 377. The number of methoxy groups -OCH3 is 2. The van der Waals surface area contributed by atoms with Gasteiger partial charge in [0.05, 0.1) is 20.3 Å². The molecule has 1 unspecified atom stereocenters. The second-order valence-electron chi connectivity index (χ2n) is 3.23. The van der Waals surface area contributed by atoms with Crippen LogP contribution in [0, 0.1) is 0 Å². The van der Waals surface area contributed by atoms with Crippen LogP contribution in [0.3, 0.4) is 0 Å². The van der Waals surface area contributed by atoms with E-state index in [1.54, 1.807) is 14.2 Å². The van der Waals surface area contributed by atoms with Gasteiger partial charge in [-0.2, -0.15) is 0 Å². The molecule has 0 radical (unpaired) electrons. The predicted octanol–water partition coefficient (Wildman–Crippen LogP) is 1.37. The van der Waals surface area contributed by atoms with Crippen LogP contribution in [0.1, 0.15) is 11.6 Å². The Morgan fingerprint density at radius 2 is 2.07 bits per heavy atom. The van der Waals surface area contributed by atoms with Crippen LogP contribution in [-0.2, 0) is 0 Å². The minimum Gasteiger partial charge on any atom is -0.497 e. The van der Waals surface area contributed by atoms with Crippen molar-refractivity contribution >= 4 is 0 Å². The van der Waals surface area contributed by atoms with Crippen LogP contribution >= 0.6 is 0 Å². The highest BCUT2D eigenvalue weighted by atomic mass is 16.5. The first kappa shape index (κ1) is 9.86. The molecular weight excluding hydrogens is 192 g/mol. The molecule has 1 aromatic rings. The Morgan fingerprint density at radius 3 is 2.67 bits per heavy atom. The van der Waals surface area contributed by atoms with E-state index in [1.165, 1.54) is 0 Å². The Kier molecular flexibility index (Phi) is 2.78. The van der Waals surface area contributed by atoms with Crippen molar-refractivity contribution < 1.29 is 9.47 Å². The van der Waals surface area contributed by atoms with E-state index in [-0.39, 0.29) is 6.04 Å². The maximum absolute atomic E-state index is 5.30. The second kappa shape index (κ2) is 4.23. The smallest absolute Gasteiger partial charge is 0.124 e. The predicted molar refractivity (Wildman–Crippen MR) is 57.7 cm³/mol. The summed E-state index contributed by atoms with van der Waals surface area (Å²) in [6, 6.07) is 5.87. The number of hydrazine groups is 1. The lowest BCUT2D eigenvalue weighted by molar-refractivity contribution is 0.394. The molecule has 2 rings (SSSR count). The maximum atomic E-state index is 5.30. The van der Waals surface area contributed by atoms with Crippen LogP contribution in [0.25, 0.3) is 0 Å². The Labute approximate surface area is 88.9 Å². The van der Waals surface area contributed by atoms with Crippen molar-refractivity contribution in [2.45, 2.75) is 6.04 Å². The normalized spacial score (nSPS) is 18.7. The van der Waals surface area contributed by atoms with Gasteiger partial charge in [0.1, 0.15) is 11.5 Å². The monoisotopic (exact) mass is 206 g/mol. The highest BCUT2D eigenvalue weighted by molar-refractivity contribution is 5.44. The summed E-state index contributed by atoms with van der Waals surface area (Å²) in [6.45, 7) is 0. The van der Waals surface area contributed by atoms with E-state index in [0.717, 1.165) is 17.1 Å². The van der Waals surface area contributed by atoms with Gasteiger partial charge in [-0.1, -0.05) is 0 Å². The van der Waals surface area contributed by atoms with Crippen LogP contribution in [0.4, 0.5) is 0 Å². The fourth-order valence-electron chi connectivity index (χ4n) is 1.59. The van der Waals surface area contributed by atoms with Gasteiger partial charge in [-0.05, 0) is 24.3 Å². The Balaban J connectivity index is 2.36. The molecule has 1 atom stereocenters. The average Bonchev–Trinajstić information content (AvgIpc) is 2.81. The van der Waals surface area contributed by atoms with E-state index in [0.29, 0.717) is 0 Å². The van der Waals surface area contributed by atoms with Crippen molar-refractivity contribution in [2.24, 2.45) is 0 Å². The quantitative estimate of drug-likeness (QED) is 0.783. The van der Waals surface area contributed by atoms with E-state index < -0.39 is 0 Å². The first-order valence-corrected chi connectivity index (χ1v) is 4.75. The first-order chi connectivity index (χ1) is 7.35. The van der Waals surface area contributed by atoms with Gasteiger partial charge in [0, 0.05) is 11.8 Å². The summed E-state index contributed by atoms with van der Waals surface area (Å²) < 4.78 is 10.5. The molecule has 1 aliphatic heterocycles. The fourth-order valence-corrected chi connectivity index (χ4v) is 1.59. The average molecular weight is 206 g/mol. The molecule has 80 valence electrons. The van der Waals surface area contributed by atoms with Crippen molar-refractivity contribution in [1.29, 1.82) is 0 Å². The molecule has 0 fully saturated rings. The number of rotatable bonds is 3. The topological polar surface area (TPSA) is 42.5 Å². The second-order valence-corrected chi connectivity index (χ2v) is 3.23. The molecular formula is C11H14N2O2. The van der Waals surface area contributed by atoms with Gasteiger partial charge in [0.25, 0.3) is 0 Å². The lowest BCUT2D eigenvalue weighted by Gasteiger charge is -2.14. The summed E-state index contributed by atoms with van der Waals surface area (Å²) in [7, 11) is 3.32. The molecule has 0 aromatic heterocycles. The van der Waals surface area contributed by atoms with Gasteiger partial charge < -0.3 is 14.9 Å². The Morgan fingerprint density at radius 1 is 1.20 bits per heavy atom. The zero-order chi connectivity index (χ0) is 10.7. The molecule has 15 heavy (non-hydrogen) atoms. The fraction of sp³-hybridized carbons (Fsp3) is 0.273. The molecule has 0 aliphatic carbocycles. The molecule has 0 amide bonds. The molecule has 0 bridgehead atoms. The van der Waals surface area contributed by atoms with Gasteiger partial charge in [0.15, 0.2) is 0 Å². The zero-order valence-electron chi connectivity index (χ0n) is 8.78. The van der Waals surface area contributed by atoms with Crippen LogP contribution in [-0.4, -0.2) is 14.2 Å². The molecule has 4 heteroatoms. The summed E-state index contributed by atoms with van der Waals surface area (Å²) in [6.07, 6.45) is 3.89. The maximum Gasteiger partial charge on any atom is 0.124 e. The summed E-state index contributed by atoms with van der Waals surface area (Å²) in [5.74, 6) is 1.68. The van der Waals surface area contributed by atoms with E-state index in [2.05, 4.69) is 10.9 Å². The molecule has 1 aromatic carbocycles. The highest BCUT2D eigenvalue weighted by Gasteiger charge is 2.16. The number of nitrogens with one attached hydrogen (secondary N) is 2. The largest absolute Gasteiger partial charge is 0.497 e. The minimum absolute atomic E-state index is 0.120. The van der Waals surface area contributed by atoms with E-state index in [1.807, 2.05) is 30.5 Å². The van der Waals surface area contributed by atoms with E-state index >= 15 is 0 Å². The number of ether oxygens (including phenoxy) is 2. The first-order valence-electron chi connectivity index (χ1n) is 4.75. The van der Waals surface area contributed by atoms with Crippen molar-refractivity contribution in [1.82, 2.24) is 10.9 Å². The van der Waals surface area contributed by atoms with Crippen molar-refractivity contribution in [3.63, 3.8) is 0 Å². The number of hydrogen-bond donors (Lipinski definition) is 2. The van der Waals surface area contributed by atoms with Crippen molar-refractivity contribution in [3.05, 3.63) is 36.0 Å². The Hall–Kier alpha value is -1.68. The summed E-state index contributed by atoms with van der Waals surface area (Å²) in [4.78, 5) is 0. The molecule has 0 spiro atoms. The SMILES string of the molecule is COc1ccc(OC)c(C2C=CNN2)c1. The van der Waals surface area contributed by atoms with Gasteiger partial charge >= 0.3 is 0 Å². The number of hydrogen-bond acceptors (Lipinski definition) is 4. The van der Waals surface area contributed by atoms with E-state index in [4.69, 9.17) is 9.47 Å². The number of benzene rings is 1. The van der Waals surface area contributed by atoms with Crippen LogP contribution in [0.15, 0.2) is 30.5 Å². The standard InChI is InChI=1S/C11H14N2O2/c1-14-8-3-4-11(15-2)9(7-8)10-5-6-12-13-10/h3-7,10,12-13H,1-2H3. The lowest BCUT2D eigenvalue weighted by atomic mass is 10.1.